The first kappa shape index (κ1) is 21.3. The number of carbonyl (C=O) groups is 2. The molecule has 0 radical (unpaired) electrons. The molecule has 0 aliphatic heterocycles. The van der Waals surface area contributed by atoms with Crippen molar-refractivity contribution in [1.29, 1.82) is 0 Å². The molecule has 3 aromatic rings. The molecule has 1 aromatic heterocycles. The number of esters is 2. The molecule has 0 atom stereocenters. The van der Waals surface area contributed by atoms with Gasteiger partial charge < -0.3 is 19.3 Å². The van der Waals surface area contributed by atoms with Gasteiger partial charge in [-0.2, -0.15) is 0 Å². The Morgan fingerprint density at radius 2 is 1.57 bits per heavy atom. The molecule has 0 bridgehead atoms. The fourth-order valence-corrected chi connectivity index (χ4v) is 3.82. The normalized spacial score (nSPS) is 11.6. The van der Waals surface area contributed by atoms with Gasteiger partial charge in [0.25, 0.3) is 5.76 Å². The van der Waals surface area contributed by atoms with Crippen LogP contribution in [0.2, 0.25) is 0 Å². The van der Waals surface area contributed by atoms with Crippen molar-refractivity contribution in [3.05, 3.63) is 65.0 Å². The Hall–Kier alpha value is -3.39. The summed E-state index contributed by atoms with van der Waals surface area (Å²) in [6.45, 7) is 0. The number of halogens is 1. The van der Waals surface area contributed by atoms with Crippen LogP contribution in [0.15, 0.2) is 65.0 Å². The van der Waals surface area contributed by atoms with Crippen molar-refractivity contribution in [2.75, 3.05) is 21.3 Å². The quantitative estimate of drug-likeness (QED) is 0.264. The van der Waals surface area contributed by atoms with Crippen LogP contribution in [0.5, 0.6) is 5.75 Å². The summed E-state index contributed by atoms with van der Waals surface area (Å²) in [5, 5.41) is 12.1. The van der Waals surface area contributed by atoms with Crippen molar-refractivity contribution in [3.63, 3.8) is 0 Å². The maximum Gasteiger partial charge on any atom is 0.408 e. The number of carbonyl (C=O) groups excluding carboxylic acids is 2. The van der Waals surface area contributed by atoms with E-state index < -0.39 is 17.7 Å². The predicted octanol–water partition coefficient (Wildman–Crippen LogP) is 3.64. The molecule has 0 aliphatic rings. The standard InChI is InChI=1S/C22H18BrNO6/c1-28-15-10-8-13(9-11-15)18-17(23)16-7-5-4-6-14(16)12-24(18)19(21(26)29-2)20(25)22(27)30-3/h4-12H,1-3H3/p+1. The number of aromatic nitrogens is 1. The van der Waals surface area contributed by atoms with Gasteiger partial charge in [0, 0.05) is 16.3 Å². The lowest BCUT2D eigenvalue weighted by Gasteiger charge is -2.11. The zero-order valence-electron chi connectivity index (χ0n) is 16.5. The number of benzene rings is 2. The highest BCUT2D eigenvalue weighted by molar-refractivity contribution is 9.10. The largest absolute Gasteiger partial charge is 0.497 e. The van der Waals surface area contributed by atoms with E-state index in [0.29, 0.717) is 21.5 Å². The average molecular weight is 473 g/mol. The minimum atomic E-state index is -1.06. The molecule has 0 unspecified atom stereocenters. The highest BCUT2D eigenvalue weighted by Gasteiger charge is 2.36. The lowest BCUT2D eigenvalue weighted by atomic mass is 10.1. The minimum Gasteiger partial charge on any atom is -0.497 e. The van der Waals surface area contributed by atoms with Crippen molar-refractivity contribution < 1.29 is 33.5 Å². The van der Waals surface area contributed by atoms with Gasteiger partial charge in [-0.05, 0) is 46.3 Å². The molecule has 8 heteroatoms. The predicted molar refractivity (Wildman–Crippen MR) is 114 cm³/mol. The van der Waals surface area contributed by atoms with Crippen LogP contribution in [-0.4, -0.2) is 38.4 Å². The topological polar surface area (TPSA) is 85.9 Å². The van der Waals surface area contributed by atoms with Gasteiger partial charge in [-0.25, -0.2) is 9.59 Å². The fraction of sp³-hybridized carbons (Fsp3) is 0.136. The molecular weight excluding hydrogens is 454 g/mol. The van der Waals surface area contributed by atoms with Crippen LogP contribution >= 0.6 is 15.9 Å². The van der Waals surface area contributed by atoms with Gasteiger partial charge in [-0.1, -0.05) is 18.2 Å². The summed E-state index contributed by atoms with van der Waals surface area (Å²) in [4.78, 5) is 24.6. The number of hydrogen-bond acceptors (Lipinski definition) is 6. The van der Waals surface area contributed by atoms with Gasteiger partial charge in [0.1, 0.15) is 5.75 Å². The van der Waals surface area contributed by atoms with E-state index in [0.717, 1.165) is 25.0 Å². The van der Waals surface area contributed by atoms with Gasteiger partial charge in [0.15, 0.2) is 6.20 Å². The van der Waals surface area contributed by atoms with Gasteiger partial charge >= 0.3 is 17.6 Å². The molecular formula is C22H19BrNO6+. The molecule has 7 nitrogen and oxygen atoms in total. The summed E-state index contributed by atoms with van der Waals surface area (Å²) < 4.78 is 16.7. The highest BCUT2D eigenvalue weighted by atomic mass is 79.9. The summed E-state index contributed by atoms with van der Waals surface area (Å²) in [6, 6.07) is 14.6. The number of hydrogen-bond donors (Lipinski definition) is 1. The number of aliphatic hydroxyl groups excluding tert-OH is 1. The molecule has 0 fully saturated rings. The van der Waals surface area contributed by atoms with Crippen LogP contribution in [0.25, 0.3) is 27.7 Å². The molecule has 2 aromatic carbocycles. The Bertz CT molecular complexity index is 1150. The third-order valence-electron chi connectivity index (χ3n) is 4.50. The lowest BCUT2D eigenvalue weighted by molar-refractivity contribution is -0.566. The highest BCUT2D eigenvalue weighted by Crippen LogP contribution is 2.33. The summed E-state index contributed by atoms with van der Waals surface area (Å²) in [5.41, 5.74) is 0.848. The third kappa shape index (κ3) is 3.86. The summed E-state index contributed by atoms with van der Waals surface area (Å²) in [6.07, 6.45) is 1.64. The first-order valence-electron chi connectivity index (χ1n) is 8.80. The van der Waals surface area contributed by atoms with Gasteiger partial charge in [0.05, 0.1) is 25.8 Å². The molecule has 0 spiro atoms. The average Bonchev–Trinajstić information content (AvgIpc) is 2.78. The number of methoxy groups -OCH3 is 3. The van der Waals surface area contributed by atoms with Crippen molar-refractivity contribution in [3.8, 4) is 17.0 Å². The van der Waals surface area contributed by atoms with E-state index in [1.165, 1.54) is 4.57 Å². The number of pyridine rings is 1. The second-order valence-corrected chi connectivity index (χ2v) is 6.95. The monoisotopic (exact) mass is 472 g/mol. The van der Waals surface area contributed by atoms with Crippen molar-refractivity contribution in [2.45, 2.75) is 0 Å². The maximum atomic E-state index is 12.6. The zero-order chi connectivity index (χ0) is 21.8. The summed E-state index contributed by atoms with van der Waals surface area (Å²) in [7, 11) is 3.84. The van der Waals surface area contributed by atoms with E-state index in [-0.39, 0.29) is 5.70 Å². The first-order valence-corrected chi connectivity index (χ1v) is 9.59. The number of ether oxygens (including phenoxy) is 3. The fourth-order valence-electron chi connectivity index (χ4n) is 3.04. The van der Waals surface area contributed by atoms with Crippen molar-refractivity contribution >= 4 is 44.3 Å². The molecule has 0 aliphatic carbocycles. The minimum absolute atomic E-state index is 0.373. The Morgan fingerprint density at radius 1 is 0.933 bits per heavy atom. The Labute approximate surface area is 181 Å². The smallest absolute Gasteiger partial charge is 0.408 e. The number of fused-ring (bicyclic) bond motifs is 1. The number of aliphatic hydroxyl groups is 1. The van der Waals surface area contributed by atoms with Crippen molar-refractivity contribution in [1.82, 2.24) is 0 Å². The zero-order valence-corrected chi connectivity index (χ0v) is 18.1. The molecule has 0 amide bonds. The van der Waals surface area contributed by atoms with Gasteiger partial charge in [-0.3, -0.25) is 0 Å². The van der Waals surface area contributed by atoms with Crippen molar-refractivity contribution in [2.24, 2.45) is 0 Å². The SMILES string of the molecule is COC(=O)/C(O)=C(\C(=O)OC)[n+]1cc2ccccc2c(Br)c1-c1ccc(OC)cc1. The second-order valence-electron chi connectivity index (χ2n) is 6.16. The summed E-state index contributed by atoms with van der Waals surface area (Å²) >= 11 is 3.62. The van der Waals surface area contributed by atoms with E-state index >= 15 is 0 Å². The number of nitrogens with zero attached hydrogens (tertiary/aromatic N) is 1. The second kappa shape index (κ2) is 8.96. The maximum absolute atomic E-state index is 12.6. The Balaban J connectivity index is 2.44. The molecule has 1 N–H and O–H groups in total. The first-order chi connectivity index (χ1) is 14.4. The lowest BCUT2D eigenvalue weighted by Crippen LogP contribution is -2.41. The van der Waals surface area contributed by atoms with E-state index in [2.05, 4.69) is 20.7 Å². The molecule has 3 rings (SSSR count). The molecule has 30 heavy (non-hydrogen) atoms. The van der Waals surface area contributed by atoms with Crippen LogP contribution in [0.3, 0.4) is 0 Å². The van der Waals surface area contributed by atoms with Crippen LogP contribution in [0.4, 0.5) is 0 Å². The molecule has 0 saturated heterocycles. The van der Waals surface area contributed by atoms with Gasteiger partial charge in [0.2, 0.25) is 5.69 Å². The van der Waals surface area contributed by atoms with Crippen LogP contribution in [0.1, 0.15) is 0 Å². The molecule has 0 saturated carbocycles. The van der Waals surface area contributed by atoms with E-state index in [1.54, 1.807) is 37.6 Å². The third-order valence-corrected chi connectivity index (χ3v) is 5.30. The molecule has 1 heterocycles. The van der Waals surface area contributed by atoms with E-state index in [4.69, 9.17) is 9.47 Å². The van der Waals surface area contributed by atoms with Crippen LogP contribution in [-0.2, 0) is 19.1 Å². The van der Waals surface area contributed by atoms with Gasteiger partial charge in [-0.15, -0.1) is 4.57 Å². The van der Waals surface area contributed by atoms with E-state index in [9.17, 15) is 14.7 Å². The van der Waals surface area contributed by atoms with Crippen LogP contribution in [0, 0.1) is 0 Å². The summed E-state index contributed by atoms with van der Waals surface area (Å²) in [5.74, 6) is -2.18. The Kier molecular flexibility index (Phi) is 6.37. The van der Waals surface area contributed by atoms with Crippen LogP contribution < -0.4 is 9.30 Å². The molecule has 154 valence electrons. The Morgan fingerprint density at radius 3 is 2.17 bits per heavy atom. The number of rotatable bonds is 5. The van der Waals surface area contributed by atoms with E-state index in [1.807, 2.05) is 24.3 Å².